The van der Waals surface area contributed by atoms with E-state index in [1.54, 1.807) is 6.08 Å². The lowest BCUT2D eigenvalue weighted by atomic mass is 9.79. The van der Waals surface area contributed by atoms with Gasteiger partial charge < -0.3 is 10.2 Å². The first-order valence-electron chi connectivity index (χ1n) is 4.88. The molecule has 0 saturated carbocycles. The highest BCUT2D eigenvalue weighted by Crippen LogP contribution is 2.36. The van der Waals surface area contributed by atoms with Crippen molar-refractivity contribution in [3.63, 3.8) is 0 Å². The van der Waals surface area contributed by atoms with Crippen LogP contribution >= 0.6 is 11.6 Å². The number of alkyl halides is 1. The summed E-state index contributed by atoms with van der Waals surface area (Å²) in [6.45, 7) is 6.64. The highest BCUT2D eigenvalue weighted by molar-refractivity contribution is 6.27. The zero-order chi connectivity index (χ0) is 13.6. The Morgan fingerprint density at radius 2 is 2.00 bits per heavy atom. The van der Waals surface area contributed by atoms with Crippen molar-refractivity contribution in [3.05, 3.63) is 36.5 Å². The number of aliphatic carboxylic acids is 2. The van der Waals surface area contributed by atoms with E-state index in [4.69, 9.17) is 21.8 Å². The van der Waals surface area contributed by atoms with Gasteiger partial charge in [0.25, 0.3) is 0 Å². The minimum absolute atomic E-state index is 0.0981. The van der Waals surface area contributed by atoms with Gasteiger partial charge in [0.15, 0.2) is 0 Å². The van der Waals surface area contributed by atoms with Gasteiger partial charge in [0.1, 0.15) is 5.41 Å². The van der Waals surface area contributed by atoms with Crippen LogP contribution in [-0.4, -0.2) is 27.5 Å². The lowest BCUT2D eigenvalue weighted by Crippen LogP contribution is -2.39. The summed E-state index contributed by atoms with van der Waals surface area (Å²) < 4.78 is 0. The summed E-state index contributed by atoms with van der Waals surface area (Å²) in [6, 6.07) is 0. The van der Waals surface area contributed by atoms with Crippen LogP contribution in [0.5, 0.6) is 0 Å². The minimum Gasteiger partial charge on any atom is -0.481 e. The second-order valence-corrected chi connectivity index (χ2v) is 4.08. The Bertz CT molecular complexity index is 384. The van der Waals surface area contributed by atoms with Crippen LogP contribution in [0.4, 0.5) is 0 Å². The molecular formula is C12H15ClO4. The molecule has 0 aromatic carbocycles. The van der Waals surface area contributed by atoms with Crippen LogP contribution in [0.25, 0.3) is 0 Å². The van der Waals surface area contributed by atoms with Gasteiger partial charge in [-0.25, -0.2) is 4.79 Å². The lowest BCUT2D eigenvalue weighted by molar-refractivity contribution is -0.145. The number of allylic oxidation sites excluding steroid dienone is 3. The van der Waals surface area contributed by atoms with Gasteiger partial charge in [-0.2, -0.15) is 0 Å². The molecular weight excluding hydrogens is 244 g/mol. The molecule has 0 heterocycles. The molecule has 94 valence electrons. The lowest BCUT2D eigenvalue weighted by Gasteiger charge is -2.29. The fourth-order valence-corrected chi connectivity index (χ4v) is 1.54. The monoisotopic (exact) mass is 258 g/mol. The molecule has 0 spiro atoms. The van der Waals surface area contributed by atoms with Crippen molar-refractivity contribution in [3.8, 4) is 0 Å². The molecule has 17 heavy (non-hydrogen) atoms. The predicted molar refractivity (Wildman–Crippen MR) is 66.1 cm³/mol. The van der Waals surface area contributed by atoms with Gasteiger partial charge in [-0.1, -0.05) is 24.3 Å². The molecule has 0 aromatic rings. The first-order chi connectivity index (χ1) is 7.81. The average Bonchev–Trinajstić information content (AvgIpc) is 2.22. The topological polar surface area (TPSA) is 74.6 Å². The molecule has 5 heteroatoms. The summed E-state index contributed by atoms with van der Waals surface area (Å²) >= 11 is 5.80. The van der Waals surface area contributed by atoms with Crippen LogP contribution in [0, 0.1) is 5.41 Å². The van der Waals surface area contributed by atoms with Gasteiger partial charge in [0, 0.05) is 0 Å². The largest absolute Gasteiger partial charge is 0.481 e. The molecule has 1 aliphatic carbocycles. The molecule has 2 N–H and O–H groups in total. The number of carboxylic acids is 2. The third kappa shape index (κ3) is 3.46. The highest BCUT2D eigenvalue weighted by atomic mass is 35.5. The van der Waals surface area contributed by atoms with Crippen LogP contribution in [-0.2, 0) is 9.59 Å². The van der Waals surface area contributed by atoms with Gasteiger partial charge in [-0.15, -0.1) is 18.2 Å². The summed E-state index contributed by atoms with van der Waals surface area (Å²) in [5.41, 5.74) is -1.46. The number of rotatable bonds is 2. The summed E-state index contributed by atoms with van der Waals surface area (Å²) in [5.74, 6) is -2.33. The van der Waals surface area contributed by atoms with Crippen molar-refractivity contribution < 1.29 is 19.8 Å². The Kier molecular flexibility index (Phi) is 5.68. The molecule has 1 aliphatic rings. The summed E-state index contributed by atoms with van der Waals surface area (Å²) in [5, 5.41) is 16.6. The van der Waals surface area contributed by atoms with Crippen LogP contribution < -0.4 is 0 Å². The van der Waals surface area contributed by atoms with E-state index in [1.165, 1.54) is 25.2 Å². The molecule has 2 unspecified atom stereocenters. The van der Waals surface area contributed by atoms with Crippen LogP contribution in [0.3, 0.4) is 0 Å². The maximum atomic E-state index is 10.9. The van der Waals surface area contributed by atoms with E-state index in [-0.39, 0.29) is 5.57 Å². The van der Waals surface area contributed by atoms with Gasteiger partial charge >= 0.3 is 11.9 Å². The quantitative estimate of drug-likeness (QED) is 0.589. The molecule has 0 fully saturated rings. The molecule has 0 bridgehead atoms. The molecule has 0 radical (unpaired) electrons. The second-order valence-electron chi connectivity index (χ2n) is 3.64. The Morgan fingerprint density at radius 3 is 2.35 bits per heavy atom. The van der Waals surface area contributed by atoms with Crippen LogP contribution in [0.2, 0.25) is 0 Å². The van der Waals surface area contributed by atoms with E-state index in [0.29, 0.717) is 0 Å². The van der Waals surface area contributed by atoms with E-state index in [2.05, 4.69) is 6.58 Å². The van der Waals surface area contributed by atoms with Gasteiger partial charge in [-0.05, 0) is 13.8 Å². The molecule has 0 saturated heterocycles. The third-order valence-electron chi connectivity index (χ3n) is 2.23. The first kappa shape index (κ1) is 15.4. The molecule has 0 aliphatic heterocycles. The third-order valence-corrected chi connectivity index (χ3v) is 2.91. The van der Waals surface area contributed by atoms with E-state index in [0.717, 1.165) is 0 Å². The van der Waals surface area contributed by atoms with Gasteiger partial charge in [0.2, 0.25) is 0 Å². The molecule has 4 nitrogen and oxygen atoms in total. The number of hydrogen-bond donors (Lipinski definition) is 2. The number of carboxylic acid groups (broad SMARTS) is 2. The van der Waals surface area contributed by atoms with E-state index < -0.39 is 22.7 Å². The summed E-state index contributed by atoms with van der Waals surface area (Å²) in [4.78, 5) is 21.6. The zero-order valence-corrected chi connectivity index (χ0v) is 10.4. The van der Waals surface area contributed by atoms with Crippen LogP contribution in [0.15, 0.2) is 36.5 Å². The van der Waals surface area contributed by atoms with E-state index in [1.807, 2.05) is 6.92 Å². The van der Waals surface area contributed by atoms with Crippen molar-refractivity contribution in [1.29, 1.82) is 0 Å². The van der Waals surface area contributed by atoms with Crippen molar-refractivity contribution in [2.24, 2.45) is 5.41 Å². The normalized spacial score (nSPS) is 26.3. The number of halogens is 1. The van der Waals surface area contributed by atoms with Crippen molar-refractivity contribution >= 4 is 23.5 Å². The second kappa shape index (κ2) is 6.25. The van der Waals surface area contributed by atoms with Crippen molar-refractivity contribution in [2.45, 2.75) is 19.2 Å². The zero-order valence-electron chi connectivity index (χ0n) is 9.68. The standard InChI is InChI=1S/C9H9ClO4.C3H6/c1-9(8(13)14)4-2-3-5(6(9)10)7(11)12;1-3-2/h2-4,6H,1H3,(H,11,12)(H,13,14);3H,1H2,2H3. The Balaban J connectivity index is 0.000000770. The van der Waals surface area contributed by atoms with Crippen molar-refractivity contribution in [1.82, 2.24) is 0 Å². The number of hydrogen-bond acceptors (Lipinski definition) is 2. The molecule has 0 aromatic heterocycles. The maximum Gasteiger partial charge on any atom is 0.333 e. The first-order valence-corrected chi connectivity index (χ1v) is 5.32. The van der Waals surface area contributed by atoms with Crippen molar-refractivity contribution in [2.75, 3.05) is 0 Å². The van der Waals surface area contributed by atoms with E-state index in [9.17, 15) is 9.59 Å². The highest BCUT2D eigenvalue weighted by Gasteiger charge is 2.43. The predicted octanol–water partition coefficient (Wildman–Crippen LogP) is 2.46. The fraction of sp³-hybridized carbons (Fsp3) is 0.333. The SMILES string of the molecule is C=CC.CC1(C(=O)O)C=CC=C(C(=O)O)C1Cl. The average molecular weight is 259 g/mol. The Hall–Kier alpha value is -1.55. The summed E-state index contributed by atoms with van der Waals surface area (Å²) in [7, 11) is 0. The Morgan fingerprint density at radius 1 is 1.53 bits per heavy atom. The Labute approximate surface area is 105 Å². The fourth-order valence-electron chi connectivity index (χ4n) is 1.20. The number of carbonyl (C=O) groups is 2. The van der Waals surface area contributed by atoms with Gasteiger partial charge in [-0.3, -0.25) is 4.79 Å². The summed E-state index contributed by atoms with van der Waals surface area (Å²) in [6.07, 6.45) is 5.85. The van der Waals surface area contributed by atoms with Crippen LogP contribution in [0.1, 0.15) is 13.8 Å². The molecule has 0 amide bonds. The molecule has 2 atom stereocenters. The minimum atomic E-state index is -1.36. The molecule has 1 rings (SSSR count). The van der Waals surface area contributed by atoms with E-state index >= 15 is 0 Å². The maximum absolute atomic E-state index is 10.9. The van der Waals surface area contributed by atoms with Gasteiger partial charge in [0.05, 0.1) is 11.0 Å². The smallest absolute Gasteiger partial charge is 0.333 e.